The van der Waals surface area contributed by atoms with Crippen LogP contribution in [0.2, 0.25) is 0 Å². The molecule has 0 radical (unpaired) electrons. The first-order valence-corrected chi connectivity index (χ1v) is 28.1. The molecule has 0 spiro atoms. The summed E-state index contributed by atoms with van der Waals surface area (Å²) in [5, 5.41) is 10.2. The van der Waals surface area contributed by atoms with E-state index in [2.05, 4.69) is 267 Å². The van der Waals surface area contributed by atoms with Gasteiger partial charge in [0.05, 0.1) is 5.41 Å². The second kappa shape index (κ2) is 18.5. The third kappa shape index (κ3) is 7.37. The number of hydrogen-bond donors (Lipinski definition) is 0. The van der Waals surface area contributed by atoms with E-state index >= 15 is 0 Å². The number of thiophene rings is 1. The standard InChI is InChI=1S/C76H47N3S/c1-4-18-48(19-5-1)73-77-74(55-35-39-65-64-32-14-15-33-69(64)76(70(65)46-55,57-24-6-2-7-25-57)58-26-8-3-9-27-58)79-75(78-73)56-36-40-66-68-45-54(37-41-71(68)80-72(66)47-56)52-23-17-21-50(43-52)49-20-16-22-51(42-49)53-34-38-63-61-30-11-10-28-59(61)60-29-12-13-31-62(60)67(63)44-53/h1-47H. The lowest BCUT2D eigenvalue weighted by Crippen LogP contribution is -2.28. The summed E-state index contributed by atoms with van der Waals surface area (Å²) in [5.74, 6) is 1.91. The topological polar surface area (TPSA) is 38.7 Å². The number of fused-ring (bicyclic) bond motifs is 12. The van der Waals surface area contributed by atoms with Crippen molar-refractivity contribution >= 4 is 63.8 Å². The molecule has 0 amide bonds. The van der Waals surface area contributed by atoms with E-state index in [0.29, 0.717) is 17.5 Å². The third-order valence-corrected chi connectivity index (χ3v) is 17.7. The molecule has 0 bridgehead atoms. The van der Waals surface area contributed by atoms with Gasteiger partial charge in [0.2, 0.25) is 0 Å². The normalized spacial score (nSPS) is 12.6. The number of benzene rings is 13. The molecule has 15 aromatic rings. The highest BCUT2D eigenvalue weighted by molar-refractivity contribution is 7.25. The first-order valence-electron chi connectivity index (χ1n) is 27.3. The summed E-state index contributed by atoms with van der Waals surface area (Å²) in [6, 6.07) is 104. The van der Waals surface area contributed by atoms with Gasteiger partial charge in [0, 0.05) is 36.9 Å². The third-order valence-electron chi connectivity index (χ3n) is 16.6. The molecule has 4 heteroatoms. The van der Waals surface area contributed by atoms with Gasteiger partial charge in [-0.3, -0.25) is 0 Å². The second-order valence-corrected chi connectivity index (χ2v) is 22.1. The van der Waals surface area contributed by atoms with Gasteiger partial charge >= 0.3 is 0 Å². The van der Waals surface area contributed by atoms with Crippen LogP contribution < -0.4 is 0 Å². The Labute approximate surface area is 467 Å². The van der Waals surface area contributed by atoms with Crippen LogP contribution in [0.1, 0.15) is 22.3 Å². The van der Waals surface area contributed by atoms with Crippen molar-refractivity contribution in [1.29, 1.82) is 0 Å². The van der Waals surface area contributed by atoms with Gasteiger partial charge in [0.1, 0.15) is 0 Å². The van der Waals surface area contributed by atoms with Crippen molar-refractivity contribution in [3.63, 3.8) is 0 Å². The smallest absolute Gasteiger partial charge is 0.164 e. The van der Waals surface area contributed by atoms with Crippen molar-refractivity contribution in [1.82, 2.24) is 15.0 Å². The molecular formula is C76H47N3S. The van der Waals surface area contributed by atoms with Crippen LogP contribution in [-0.2, 0) is 5.41 Å². The van der Waals surface area contributed by atoms with Crippen molar-refractivity contribution in [2.24, 2.45) is 0 Å². The fourth-order valence-electron chi connectivity index (χ4n) is 12.9. The van der Waals surface area contributed by atoms with Gasteiger partial charge in [-0.15, -0.1) is 11.3 Å². The molecule has 0 saturated carbocycles. The summed E-state index contributed by atoms with van der Waals surface area (Å²) in [7, 11) is 0. The van der Waals surface area contributed by atoms with Crippen molar-refractivity contribution in [2.45, 2.75) is 5.41 Å². The highest BCUT2D eigenvalue weighted by Crippen LogP contribution is 2.57. The van der Waals surface area contributed by atoms with Gasteiger partial charge < -0.3 is 0 Å². The molecule has 3 nitrogen and oxygen atoms in total. The average molecular weight is 1030 g/mol. The summed E-state index contributed by atoms with van der Waals surface area (Å²) in [5.41, 5.74) is 16.8. The molecule has 80 heavy (non-hydrogen) atoms. The number of aromatic nitrogens is 3. The van der Waals surface area contributed by atoms with Gasteiger partial charge in [0.15, 0.2) is 17.5 Å². The Hall–Kier alpha value is -10.1. The van der Waals surface area contributed by atoms with E-state index in [4.69, 9.17) is 15.0 Å². The van der Waals surface area contributed by atoms with E-state index in [-0.39, 0.29) is 0 Å². The van der Waals surface area contributed by atoms with Crippen molar-refractivity contribution in [2.75, 3.05) is 0 Å². The molecule has 1 aliphatic carbocycles. The minimum Gasteiger partial charge on any atom is -0.208 e. The lowest BCUT2D eigenvalue weighted by atomic mass is 9.67. The Morgan fingerprint density at radius 3 is 1.25 bits per heavy atom. The lowest BCUT2D eigenvalue weighted by molar-refractivity contribution is 0.768. The molecule has 0 saturated heterocycles. The van der Waals surface area contributed by atoms with Crippen LogP contribution in [-0.4, -0.2) is 15.0 Å². The zero-order valence-electron chi connectivity index (χ0n) is 43.4. The predicted octanol–water partition coefficient (Wildman–Crippen LogP) is 20.1. The minimum absolute atomic E-state index is 0.546. The SMILES string of the molecule is c1ccc(-c2nc(-c3ccc4c(c3)C(c3ccccc3)(c3ccccc3)c3ccccc3-4)nc(-c3ccc4c(c3)sc3ccc(-c5cccc(-c6cccc(-c7ccc8c9ccccc9c9ccccc9c8c7)c6)c5)cc34)n2)cc1. The van der Waals surface area contributed by atoms with Crippen LogP contribution in [0.4, 0.5) is 0 Å². The quantitative estimate of drug-likeness (QED) is 0.142. The second-order valence-electron chi connectivity index (χ2n) is 21.0. The molecule has 16 rings (SSSR count). The van der Waals surface area contributed by atoms with Gasteiger partial charge in [0.25, 0.3) is 0 Å². The summed E-state index contributed by atoms with van der Waals surface area (Å²) in [6.07, 6.45) is 0. The molecule has 2 aromatic heterocycles. The predicted molar refractivity (Wildman–Crippen MR) is 335 cm³/mol. The minimum atomic E-state index is -0.546. The maximum atomic E-state index is 5.35. The maximum Gasteiger partial charge on any atom is 0.164 e. The summed E-state index contributed by atoms with van der Waals surface area (Å²) in [4.78, 5) is 15.8. The van der Waals surface area contributed by atoms with E-state index in [9.17, 15) is 0 Å². The van der Waals surface area contributed by atoms with Crippen LogP contribution in [0.3, 0.4) is 0 Å². The average Bonchev–Trinajstić information content (AvgIpc) is 4.28. The van der Waals surface area contributed by atoms with Crippen molar-refractivity contribution < 1.29 is 0 Å². The molecule has 0 aliphatic heterocycles. The van der Waals surface area contributed by atoms with Gasteiger partial charge in [-0.25, -0.2) is 15.0 Å². The van der Waals surface area contributed by atoms with Crippen LogP contribution in [0.25, 0.3) is 131 Å². The Morgan fingerprint density at radius 2 is 0.637 bits per heavy atom. The van der Waals surface area contributed by atoms with E-state index in [0.717, 1.165) is 16.7 Å². The fraction of sp³-hybridized carbons (Fsp3) is 0.0132. The van der Waals surface area contributed by atoms with Crippen LogP contribution in [0.5, 0.6) is 0 Å². The molecule has 0 N–H and O–H groups in total. The van der Waals surface area contributed by atoms with Crippen LogP contribution in [0, 0.1) is 0 Å². The van der Waals surface area contributed by atoms with E-state index < -0.39 is 5.41 Å². The van der Waals surface area contributed by atoms with Gasteiger partial charge in [-0.2, -0.15) is 0 Å². The molecule has 0 unspecified atom stereocenters. The number of nitrogens with zero attached hydrogens (tertiary/aromatic N) is 3. The molecular weight excluding hydrogens is 987 g/mol. The summed E-state index contributed by atoms with van der Waals surface area (Å²) in [6.45, 7) is 0. The highest BCUT2D eigenvalue weighted by Gasteiger charge is 2.46. The fourth-order valence-corrected chi connectivity index (χ4v) is 14.0. The van der Waals surface area contributed by atoms with E-state index in [1.165, 1.54) is 119 Å². The van der Waals surface area contributed by atoms with Crippen molar-refractivity contribution in [3.05, 3.63) is 307 Å². The maximum absolute atomic E-state index is 5.35. The Bertz CT molecular complexity index is 4870. The highest BCUT2D eigenvalue weighted by atomic mass is 32.1. The van der Waals surface area contributed by atoms with Gasteiger partial charge in [-0.05, 0) is 142 Å². The number of rotatable bonds is 8. The Kier molecular flexibility index (Phi) is 10.7. The molecule has 2 heterocycles. The first-order chi connectivity index (χ1) is 39.6. The Balaban J connectivity index is 0.758. The first kappa shape index (κ1) is 46.0. The van der Waals surface area contributed by atoms with Gasteiger partial charge in [-0.1, -0.05) is 243 Å². The van der Waals surface area contributed by atoms with E-state index in [1.54, 1.807) is 0 Å². The molecule has 372 valence electrons. The van der Waals surface area contributed by atoms with Crippen LogP contribution >= 0.6 is 11.3 Å². The molecule has 0 fully saturated rings. The summed E-state index contributed by atoms with van der Waals surface area (Å²) < 4.78 is 2.42. The number of hydrogen-bond acceptors (Lipinski definition) is 4. The Morgan fingerprint density at radius 1 is 0.225 bits per heavy atom. The molecule has 13 aromatic carbocycles. The molecule has 1 aliphatic rings. The lowest BCUT2D eigenvalue weighted by Gasteiger charge is -2.34. The zero-order valence-corrected chi connectivity index (χ0v) is 44.2. The molecule has 0 atom stereocenters. The largest absolute Gasteiger partial charge is 0.208 e. The van der Waals surface area contributed by atoms with Crippen molar-refractivity contribution in [3.8, 4) is 78.7 Å². The van der Waals surface area contributed by atoms with Crippen LogP contribution in [0.15, 0.2) is 285 Å². The van der Waals surface area contributed by atoms with E-state index in [1.807, 2.05) is 29.5 Å². The monoisotopic (exact) mass is 1030 g/mol. The zero-order chi connectivity index (χ0) is 52.7. The summed E-state index contributed by atoms with van der Waals surface area (Å²) >= 11 is 1.81.